The summed E-state index contributed by atoms with van der Waals surface area (Å²) in [7, 11) is 0. The van der Waals surface area contributed by atoms with Gasteiger partial charge in [-0.05, 0) is 20.8 Å². The number of aromatic amines is 1. The molecular weight excluding hydrogens is 237 g/mol. The van der Waals surface area contributed by atoms with Crippen LogP contribution < -0.4 is 10.9 Å². The SMILES string of the molecule is CC(Cl)C(C)(C)Nc1nc[nH]c(=O)c1Cl. The van der Waals surface area contributed by atoms with Crippen LogP contribution in [-0.4, -0.2) is 20.9 Å². The van der Waals surface area contributed by atoms with Crippen LogP contribution in [0.4, 0.5) is 5.82 Å². The molecule has 0 spiro atoms. The third-order valence-electron chi connectivity index (χ3n) is 2.23. The number of halogens is 2. The van der Waals surface area contributed by atoms with Gasteiger partial charge in [0.2, 0.25) is 0 Å². The molecule has 0 aromatic carbocycles. The van der Waals surface area contributed by atoms with Crippen molar-refractivity contribution in [3.05, 3.63) is 21.7 Å². The summed E-state index contributed by atoms with van der Waals surface area (Å²) >= 11 is 11.8. The van der Waals surface area contributed by atoms with Gasteiger partial charge in [0.25, 0.3) is 5.56 Å². The number of aromatic nitrogens is 2. The molecule has 0 saturated heterocycles. The summed E-state index contributed by atoms with van der Waals surface area (Å²) in [5, 5.41) is 2.95. The van der Waals surface area contributed by atoms with E-state index in [1.54, 1.807) is 0 Å². The lowest BCUT2D eigenvalue weighted by molar-refractivity contribution is 0.552. The molecule has 1 unspecified atom stereocenters. The first-order chi connectivity index (χ1) is 6.84. The lowest BCUT2D eigenvalue weighted by Gasteiger charge is -2.29. The number of nitrogens with one attached hydrogen (secondary N) is 2. The highest BCUT2D eigenvalue weighted by Crippen LogP contribution is 2.23. The molecule has 0 radical (unpaired) electrons. The predicted octanol–water partition coefficient (Wildman–Crippen LogP) is 2.24. The summed E-state index contributed by atoms with van der Waals surface area (Å²) in [6.45, 7) is 5.67. The van der Waals surface area contributed by atoms with Gasteiger partial charge in [0.1, 0.15) is 5.02 Å². The Balaban J connectivity index is 3.00. The van der Waals surface area contributed by atoms with Crippen LogP contribution in [0.1, 0.15) is 20.8 Å². The molecule has 0 fully saturated rings. The van der Waals surface area contributed by atoms with E-state index < -0.39 is 5.54 Å². The Kier molecular flexibility index (Phi) is 3.62. The molecule has 0 bridgehead atoms. The quantitative estimate of drug-likeness (QED) is 0.809. The highest BCUT2D eigenvalue weighted by Gasteiger charge is 2.25. The van der Waals surface area contributed by atoms with Gasteiger partial charge in [-0.15, -0.1) is 11.6 Å². The van der Waals surface area contributed by atoms with E-state index in [1.165, 1.54) is 6.33 Å². The molecule has 1 aromatic rings. The molecular formula is C9H13Cl2N3O. The first-order valence-corrected chi connectivity index (χ1v) is 5.31. The first kappa shape index (κ1) is 12.3. The molecule has 4 nitrogen and oxygen atoms in total. The maximum absolute atomic E-state index is 11.2. The number of H-pyrrole nitrogens is 1. The van der Waals surface area contributed by atoms with Gasteiger partial charge >= 0.3 is 0 Å². The third-order valence-corrected chi connectivity index (χ3v) is 3.13. The molecule has 15 heavy (non-hydrogen) atoms. The van der Waals surface area contributed by atoms with Crippen LogP contribution in [0.25, 0.3) is 0 Å². The summed E-state index contributed by atoms with van der Waals surface area (Å²) in [5.41, 5.74) is -0.765. The molecule has 6 heteroatoms. The van der Waals surface area contributed by atoms with Crippen LogP contribution in [0, 0.1) is 0 Å². The molecule has 1 rings (SSSR count). The zero-order valence-corrected chi connectivity index (χ0v) is 10.3. The van der Waals surface area contributed by atoms with Crippen molar-refractivity contribution in [2.75, 3.05) is 5.32 Å². The van der Waals surface area contributed by atoms with Crippen LogP contribution in [0.3, 0.4) is 0 Å². The van der Waals surface area contributed by atoms with E-state index >= 15 is 0 Å². The van der Waals surface area contributed by atoms with Gasteiger partial charge in [-0.3, -0.25) is 4.79 Å². The van der Waals surface area contributed by atoms with Crippen molar-refractivity contribution < 1.29 is 0 Å². The van der Waals surface area contributed by atoms with E-state index in [9.17, 15) is 4.79 Å². The van der Waals surface area contributed by atoms with Crippen LogP contribution in [0.15, 0.2) is 11.1 Å². The number of alkyl halides is 1. The Morgan fingerprint density at radius 2 is 2.20 bits per heavy atom. The zero-order valence-electron chi connectivity index (χ0n) is 8.77. The van der Waals surface area contributed by atoms with Crippen molar-refractivity contribution in [2.45, 2.75) is 31.7 Å². The molecule has 0 aliphatic heterocycles. The number of hydrogen-bond acceptors (Lipinski definition) is 3. The Hall–Kier alpha value is -0.740. The lowest BCUT2D eigenvalue weighted by atomic mass is 10.0. The molecule has 1 aromatic heterocycles. The molecule has 1 atom stereocenters. The lowest BCUT2D eigenvalue weighted by Crippen LogP contribution is -2.39. The van der Waals surface area contributed by atoms with E-state index in [2.05, 4.69) is 15.3 Å². The summed E-state index contributed by atoms with van der Waals surface area (Å²) in [4.78, 5) is 17.5. The summed E-state index contributed by atoms with van der Waals surface area (Å²) in [5.74, 6) is 0.345. The van der Waals surface area contributed by atoms with Gasteiger partial charge in [0.15, 0.2) is 5.82 Å². The van der Waals surface area contributed by atoms with Crippen LogP contribution in [-0.2, 0) is 0 Å². The number of nitrogens with zero attached hydrogens (tertiary/aromatic N) is 1. The van der Waals surface area contributed by atoms with Gasteiger partial charge in [0, 0.05) is 5.54 Å². The molecule has 0 saturated carbocycles. The Morgan fingerprint density at radius 3 is 2.73 bits per heavy atom. The van der Waals surface area contributed by atoms with Gasteiger partial charge in [-0.2, -0.15) is 0 Å². The topological polar surface area (TPSA) is 57.8 Å². The molecule has 0 amide bonds. The van der Waals surface area contributed by atoms with Crippen molar-refractivity contribution in [1.82, 2.24) is 9.97 Å². The maximum atomic E-state index is 11.2. The minimum atomic E-state index is -0.397. The van der Waals surface area contributed by atoms with Crippen molar-refractivity contribution in [3.63, 3.8) is 0 Å². The maximum Gasteiger partial charge on any atom is 0.271 e. The van der Waals surface area contributed by atoms with Crippen molar-refractivity contribution in [2.24, 2.45) is 0 Å². The average molecular weight is 250 g/mol. The van der Waals surface area contributed by atoms with E-state index in [0.717, 1.165) is 0 Å². The van der Waals surface area contributed by atoms with E-state index in [0.29, 0.717) is 5.82 Å². The molecule has 0 aliphatic carbocycles. The zero-order chi connectivity index (χ0) is 11.6. The second-order valence-corrected chi connectivity index (χ2v) is 4.89. The second-order valence-electron chi connectivity index (χ2n) is 3.86. The normalized spacial score (nSPS) is 13.7. The van der Waals surface area contributed by atoms with Crippen LogP contribution in [0.5, 0.6) is 0 Å². The van der Waals surface area contributed by atoms with Crippen LogP contribution >= 0.6 is 23.2 Å². The summed E-state index contributed by atoms with van der Waals surface area (Å²) < 4.78 is 0. The minimum Gasteiger partial charge on any atom is -0.362 e. The van der Waals surface area contributed by atoms with Gasteiger partial charge < -0.3 is 10.3 Å². The smallest absolute Gasteiger partial charge is 0.271 e. The van der Waals surface area contributed by atoms with Gasteiger partial charge in [-0.1, -0.05) is 11.6 Å². The number of anilines is 1. The van der Waals surface area contributed by atoms with Gasteiger partial charge in [-0.25, -0.2) is 4.98 Å². The predicted molar refractivity (Wildman–Crippen MR) is 62.9 cm³/mol. The highest BCUT2D eigenvalue weighted by atomic mass is 35.5. The van der Waals surface area contributed by atoms with E-state index in [-0.39, 0.29) is 16.0 Å². The second kappa shape index (κ2) is 4.41. The summed E-state index contributed by atoms with van der Waals surface area (Å²) in [6, 6.07) is 0. The monoisotopic (exact) mass is 249 g/mol. The molecule has 2 N–H and O–H groups in total. The minimum absolute atomic E-state index is 0.0443. The number of rotatable bonds is 3. The Bertz CT molecular complexity index is 401. The van der Waals surface area contributed by atoms with E-state index in [4.69, 9.17) is 23.2 Å². The standard InChI is InChI=1S/C9H13Cl2N3O/c1-5(10)9(2,3)14-7-6(11)8(15)13-4-12-7/h4-5H,1-3H3,(H2,12,13,14,15). The Morgan fingerprint density at radius 1 is 1.60 bits per heavy atom. The first-order valence-electron chi connectivity index (χ1n) is 4.50. The molecule has 84 valence electrons. The fraction of sp³-hybridized carbons (Fsp3) is 0.556. The van der Waals surface area contributed by atoms with Crippen molar-refractivity contribution >= 4 is 29.0 Å². The van der Waals surface area contributed by atoms with Crippen molar-refractivity contribution in [3.8, 4) is 0 Å². The van der Waals surface area contributed by atoms with E-state index in [1.807, 2.05) is 20.8 Å². The highest BCUT2D eigenvalue weighted by molar-refractivity contribution is 6.32. The average Bonchev–Trinajstić information content (AvgIpc) is 2.12. The van der Waals surface area contributed by atoms with Crippen molar-refractivity contribution in [1.29, 1.82) is 0 Å². The summed E-state index contributed by atoms with van der Waals surface area (Å²) in [6.07, 6.45) is 1.30. The molecule has 0 aliphatic rings. The van der Waals surface area contributed by atoms with Gasteiger partial charge in [0.05, 0.1) is 11.7 Å². The Labute approximate surface area is 98.0 Å². The largest absolute Gasteiger partial charge is 0.362 e. The fourth-order valence-electron chi connectivity index (χ4n) is 0.875. The fourth-order valence-corrected chi connectivity index (χ4v) is 1.08. The van der Waals surface area contributed by atoms with Crippen LogP contribution in [0.2, 0.25) is 5.02 Å². The number of hydrogen-bond donors (Lipinski definition) is 2. The third kappa shape index (κ3) is 2.86. The molecule has 1 heterocycles.